The third-order valence-electron chi connectivity index (χ3n) is 6.30. The third kappa shape index (κ3) is 24.7. The zero-order valence-electron chi connectivity index (χ0n) is 31.7. The number of carboxylic acid groups (broad SMARTS) is 2. The minimum atomic E-state index is -1.16. The Hall–Kier alpha value is -4.41. The summed E-state index contributed by atoms with van der Waals surface area (Å²) < 4.78 is 0. The van der Waals surface area contributed by atoms with E-state index >= 15 is 0 Å². The molecule has 0 aromatic heterocycles. The third-order valence-corrected chi connectivity index (χ3v) is 6.30. The Balaban J connectivity index is -0.000000181. The second-order valence-corrected chi connectivity index (χ2v) is 12.3. The molecule has 2 aliphatic heterocycles. The standard InChI is InChI=1S/C9H18N2O3.C8H12N2O4.C5H11NO2.C4H5NO3.C3H9NO.CH2O.CH4/c1-9(2,8(13)14)11(5)7(12)6-10(3)4;1-9(2)5-8(13)14-10-6(11)3-4-7(10)12;1-5(2,6-3)4(7)8;6-3-1-2-4(7)5(3)8;1-4(2)3-5;1-2;/h6H2,1-5H3,(H,13,14);3-5H2,1-2H3;6H,1-3H3,(H,7,8);8H,1-2H2;5H,3H2,1-2H3;1H2;1H4. The maximum absolute atomic E-state index is 11.5. The number of aliphatic hydroxyl groups excluding tert-OH is 1. The van der Waals surface area contributed by atoms with Gasteiger partial charge < -0.3 is 40.1 Å². The number of rotatable bonds is 10. The van der Waals surface area contributed by atoms with Gasteiger partial charge in [-0.3, -0.25) is 43.8 Å². The maximum atomic E-state index is 11.5. The average molecular weight is 756 g/mol. The molecule has 2 rings (SSSR count). The van der Waals surface area contributed by atoms with Crippen molar-refractivity contribution >= 4 is 54.2 Å². The highest BCUT2D eigenvalue weighted by Crippen LogP contribution is 2.13. The van der Waals surface area contributed by atoms with Gasteiger partial charge in [-0.15, -0.1) is 5.06 Å². The number of carbonyl (C=O) groups is 9. The van der Waals surface area contributed by atoms with Crippen molar-refractivity contribution in [2.75, 3.05) is 76.2 Å². The number of carbonyl (C=O) groups excluding carboxylic acids is 7. The molecule has 0 saturated carbocycles. The molecule has 0 aromatic carbocycles. The van der Waals surface area contributed by atoms with Crippen LogP contribution in [0, 0.1) is 0 Å². The number of carboxylic acids is 2. The van der Waals surface area contributed by atoms with Crippen molar-refractivity contribution in [1.82, 2.24) is 35.0 Å². The Bertz CT molecular complexity index is 1130. The molecule has 0 bridgehead atoms. The van der Waals surface area contributed by atoms with Crippen molar-refractivity contribution in [3.05, 3.63) is 0 Å². The molecule has 5 amide bonds. The normalized spacial score (nSPS) is 13.5. The fraction of sp³-hybridized carbons (Fsp3) is 0.710. The van der Waals surface area contributed by atoms with Crippen LogP contribution in [-0.4, -0.2) is 192 Å². The first-order valence-electron chi connectivity index (χ1n) is 15.1. The maximum Gasteiger partial charge on any atom is 0.347 e. The number of aliphatic carboxylic acids is 2. The van der Waals surface area contributed by atoms with E-state index in [4.69, 9.17) is 25.3 Å². The minimum absolute atomic E-state index is 0. The largest absolute Gasteiger partial charge is 0.480 e. The van der Waals surface area contributed by atoms with Crippen LogP contribution in [0.3, 0.4) is 0 Å². The van der Waals surface area contributed by atoms with Crippen LogP contribution >= 0.6 is 0 Å². The van der Waals surface area contributed by atoms with Crippen LogP contribution in [0.25, 0.3) is 0 Å². The van der Waals surface area contributed by atoms with Gasteiger partial charge in [0.05, 0.1) is 19.8 Å². The van der Waals surface area contributed by atoms with E-state index in [9.17, 15) is 38.4 Å². The van der Waals surface area contributed by atoms with E-state index in [1.807, 2.05) is 6.79 Å². The molecule has 21 heteroatoms. The minimum Gasteiger partial charge on any atom is -0.480 e. The average Bonchev–Trinajstić information content (AvgIpc) is 3.51. The van der Waals surface area contributed by atoms with E-state index in [-0.39, 0.29) is 63.9 Å². The van der Waals surface area contributed by atoms with Gasteiger partial charge in [-0.25, -0.2) is 9.59 Å². The van der Waals surface area contributed by atoms with Crippen LogP contribution in [0.4, 0.5) is 0 Å². The van der Waals surface area contributed by atoms with Gasteiger partial charge in [0.25, 0.3) is 23.6 Å². The molecule has 0 aromatic rings. The number of hydroxylamine groups is 4. The lowest BCUT2D eigenvalue weighted by molar-refractivity contribution is -0.197. The molecule has 0 spiro atoms. The summed E-state index contributed by atoms with van der Waals surface area (Å²) in [5.74, 6) is -4.58. The molecule has 2 fully saturated rings. The number of nitrogens with zero attached hydrogens (tertiary/aromatic N) is 6. The molecule has 0 atom stereocenters. The number of imide groups is 2. The molecule has 0 radical (unpaired) electrons. The molecule has 2 saturated heterocycles. The van der Waals surface area contributed by atoms with Crippen molar-refractivity contribution in [2.24, 2.45) is 0 Å². The van der Waals surface area contributed by atoms with Gasteiger partial charge in [0, 0.05) is 32.7 Å². The Morgan fingerprint density at radius 3 is 1.29 bits per heavy atom. The lowest BCUT2D eigenvalue weighted by Crippen LogP contribution is -2.52. The van der Waals surface area contributed by atoms with E-state index < -0.39 is 52.6 Å². The van der Waals surface area contributed by atoms with Crippen molar-refractivity contribution < 1.29 is 68.5 Å². The van der Waals surface area contributed by atoms with Crippen LogP contribution in [0.2, 0.25) is 0 Å². The van der Waals surface area contributed by atoms with E-state index in [2.05, 4.69) is 10.2 Å². The fourth-order valence-electron chi connectivity index (χ4n) is 2.55. The molecule has 304 valence electrons. The van der Waals surface area contributed by atoms with Gasteiger partial charge >= 0.3 is 17.9 Å². The Kier molecular flexibility index (Phi) is 30.9. The molecule has 5 N–H and O–H groups in total. The lowest BCUT2D eigenvalue weighted by Gasteiger charge is -2.32. The Morgan fingerprint density at radius 2 is 1.08 bits per heavy atom. The fourth-order valence-corrected chi connectivity index (χ4v) is 2.55. The molecule has 2 aliphatic rings. The molecule has 0 aliphatic carbocycles. The predicted octanol–water partition coefficient (Wildman–Crippen LogP) is -1.43. The second-order valence-electron chi connectivity index (χ2n) is 12.3. The first kappa shape index (κ1) is 56.9. The summed E-state index contributed by atoms with van der Waals surface area (Å²) in [5.41, 5.74) is -1.95. The highest BCUT2D eigenvalue weighted by atomic mass is 16.7. The molecule has 2 heterocycles. The van der Waals surface area contributed by atoms with Crippen molar-refractivity contribution in [3.8, 4) is 0 Å². The number of hydrogen-bond acceptors (Lipinski definition) is 16. The predicted molar refractivity (Wildman–Crippen MR) is 187 cm³/mol. The van der Waals surface area contributed by atoms with Crippen molar-refractivity contribution in [3.63, 3.8) is 0 Å². The van der Waals surface area contributed by atoms with Crippen molar-refractivity contribution in [2.45, 2.75) is 71.9 Å². The zero-order chi connectivity index (χ0) is 41.4. The SMILES string of the molecule is C.C=O.CN(C)CC(=O)N(C)C(C)(C)C(=O)O.CN(C)CC(=O)ON1C(=O)CCC1=O.CN(C)CO.CNC(C)(C)C(=O)O.O=C1CCC(=O)N1O. The number of amides is 5. The number of nitrogens with one attached hydrogen (secondary N) is 1. The van der Waals surface area contributed by atoms with Crippen LogP contribution < -0.4 is 5.32 Å². The molecular formula is C31H61N7O14. The highest BCUT2D eigenvalue weighted by molar-refractivity contribution is 6.01. The lowest BCUT2D eigenvalue weighted by atomic mass is 10.0. The van der Waals surface area contributed by atoms with Crippen LogP contribution in [0.15, 0.2) is 0 Å². The summed E-state index contributed by atoms with van der Waals surface area (Å²) in [6, 6.07) is 0. The summed E-state index contributed by atoms with van der Waals surface area (Å²) in [4.78, 5) is 105. The second kappa shape index (κ2) is 28.2. The molecule has 52 heavy (non-hydrogen) atoms. The summed E-state index contributed by atoms with van der Waals surface area (Å²) in [5, 5.41) is 37.1. The van der Waals surface area contributed by atoms with E-state index in [0.29, 0.717) is 5.06 Å². The first-order valence-corrected chi connectivity index (χ1v) is 15.1. The van der Waals surface area contributed by atoms with Gasteiger partial charge in [0.1, 0.15) is 17.9 Å². The molecule has 21 nitrogen and oxygen atoms in total. The molecule has 0 unspecified atom stereocenters. The van der Waals surface area contributed by atoms with Gasteiger partial charge in [-0.1, -0.05) is 7.43 Å². The quantitative estimate of drug-likeness (QED) is 0.0971. The van der Waals surface area contributed by atoms with Gasteiger partial charge in [-0.05, 0) is 77.0 Å². The Labute approximate surface area is 305 Å². The van der Waals surface area contributed by atoms with E-state index in [1.54, 1.807) is 77.9 Å². The van der Waals surface area contributed by atoms with E-state index in [0.717, 1.165) is 0 Å². The van der Waals surface area contributed by atoms with Gasteiger partial charge in [-0.2, -0.15) is 5.06 Å². The van der Waals surface area contributed by atoms with Gasteiger partial charge in [0.15, 0.2) is 0 Å². The molecular weight excluding hydrogens is 694 g/mol. The van der Waals surface area contributed by atoms with Crippen molar-refractivity contribution in [1.29, 1.82) is 0 Å². The monoisotopic (exact) mass is 755 g/mol. The smallest absolute Gasteiger partial charge is 0.347 e. The summed E-state index contributed by atoms with van der Waals surface area (Å²) in [6.07, 6.45) is 0.535. The highest BCUT2D eigenvalue weighted by Gasteiger charge is 2.35. The number of hydrogen-bond donors (Lipinski definition) is 5. The number of aliphatic hydroxyl groups is 1. The number of likely N-dealkylation sites (N-methyl/N-ethyl adjacent to an activating group) is 4. The van der Waals surface area contributed by atoms with Crippen LogP contribution in [0.1, 0.15) is 60.8 Å². The van der Waals surface area contributed by atoms with Gasteiger partial charge in [0.2, 0.25) is 5.91 Å². The van der Waals surface area contributed by atoms with Crippen LogP contribution in [0.5, 0.6) is 0 Å². The first-order chi connectivity index (χ1) is 23.2. The summed E-state index contributed by atoms with van der Waals surface area (Å²) in [7, 11) is 13.6. The van der Waals surface area contributed by atoms with Crippen LogP contribution in [-0.2, 0) is 48.0 Å². The zero-order valence-corrected chi connectivity index (χ0v) is 31.7. The summed E-state index contributed by atoms with van der Waals surface area (Å²) in [6.45, 7) is 8.61. The topological polar surface area (TPSA) is 275 Å². The summed E-state index contributed by atoms with van der Waals surface area (Å²) >= 11 is 0. The Morgan fingerprint density at radius 1 is 0.731 bits per heavy atom. The van der Waals surface area contributed by atoms with E-state index in [1.165, 1.54) is 25.8 Å².